The van der Waals surface area contributed by atoms with Crippen LogP contribution in [-0.2, 0) is 11.2 Å². The number of aryl methyl sites for hydroxylation is 1. The van der Waals surface area contributed by atoms with Crippen LogP contribution in [-0.4, -0.2) is 43.7 Å². The zero-order valence-electron chi connectivity index (χ0n) is 16.3. The summed E-state index contributed by atoms with van der Waals surface area (Å²) in [7, 11) is 1.59. The monoisotopic (exact) mass is 355 g/mol. The molecule has 0 saturated heterocycles. The third-order valence-electron chi connectivity index (χ3n) is 2.91. The standard InChI is InChI=1S/C17H27NO5.C2H6/c1-17(2,3)23-16(20)18-9-5-6-13-7-8-14(21-4)12-15(13)22-11-10-19;1-2/h7-8,12,19H,5-6,9-11H2,1-4H3,(H,18,20);1-2H3. The summed E-state index contributed by atoms with van der Waals surface area (Å²) < 4.78 is 15.9. The quantitative estimate of drug-likeness (QED) is 0.697. The summed E-state index contributed by atoms with van der Waals surface area (Å²) in [5, 5.41) is 11.6. The average molecular weight is 355 g/mol. The SMILES string of the molecule is CC.COc1ccc(CCCNC(=O)OC(C)(C)C)c(OCCO)c1. The lowest BCUT2D eigenvalue weighted by Gasteiger charge is -2.19. The third kappa shape index (κ3) is 10.5. The molecule has 0 aliphatic heterocycles. The highest BCUT2D eigenvalue weighted by Gasteiger charge is 2.15. The molecule has 0 aliphatic carbocycles. The van der Waals surface area contributed by atoms with E-state index in [9.17, 15) is 4.79 Å². The van der Waals surface area contributed by atoms with Crippen LogP contribution >= 0.6 is 0 Å². The zero-order valence-corrected chi connectivity index (χ0v) is 16.3. The van der Waals surface area contributed by atoms with Crippen molar-refractivity contribution in [3.8, 4) is 11.5 Å². The van der Waals surface area contributed by atoms with E-state index < -0.39 is 11.7 Å². The molecule has 0 unspecified atom stereocenters. The topological polar surface area (TPSA) is 77.0 Å². The van der Waals surface area contributed by atoms with Crippen LogP contribution in [0.15, 0.2) is 18.2 Å². The number of aliphatic hydroxyl groups excluding tert-OH is 1. The van der Waals surface area contributed by atoms with E-state index >= 15 is 0 Å². The molecule has 144 valence electrons. The normalized spacial score (nSPS) is 10.4. The van der Waals surface area contributed by atoms with E-state index in [4.69, 9.17) is 19.3 Å². The van der Waals surface area contributed by atoms with Gasteiger partial charge < -0.3 is 24.6 Å². The molecule has 0 aliphatic rings. The molecule has 0 heterocycles. The molecule has 2 N–H and O–H groups in total. The van der Waals surface area contributed by atoms with Crippen molar-refractivity contribution >= 4 is 6.09 Å². The number of hydrogen-bond acceptors (Lipinski definition) is 5. The number of carbonyl (C=O) groups excluding carboxylic acids is 1. The number of carbonyl (C=O) groups is 1. The number of benzene rings is 1. The van der Waals surface area contributed by atoms with Crippen molar-refractivity contribution in [3.05, 3.63) is 23.8 Å². The second kappa shape index (κ2) is 12.4. The van der Waals surface area contributed by atoms with E-state index in [2.05, 4.69) is 5.32 Å². The summed E-state index contributed by atoms with van der Waals surface area (Å²) in [4.78, 5) is 11.6. The molecular formula is C19H33NO5. The smallest absolute Gasteiger partial charge is 0.407 e. The first-order valence-electron chi connectivity index (χ1n) is 8.73. The van der Waals surface area contributed by atoms with E-state index in [1.54, 1.807) is 13.2 Å². The van der Waals surface area contributed by atoms with E-state index in [0.717, 1.165) is 18.4 Å². The first-order valence-corrected chi connectivity index (χ1v) is 8.73. The molecule has 1 rings (SSSR count). The summed E-state index contributed by atoms with van der Waals surface area (Å²) in [6, 6.07) is 5.59. The molecule has 0 bridgehead atoms. The van der Waals surface area contributed by atoms with Crippen molar-refractivity contribution in [1.29, 1.82) is 0 Å². The van der Waals surface area contributed by atoms with Gasteiger partial charge in [-0.3, -0.25) is 0 Å². The highest BCUT2D eigenvalue weighted by atomic mass is 16.6. The maximum absolute atomic E-state index is 11.6. The molecule has 0 spiro atoms. The van der Waals surface area contributed by atoms with Crippen molar-refractivity contribution in [1.82, 2.24) is 5.32 Å². The minimum atomic E-state index is -0.495. The van der Waals surface area contributed by atoms with Gasteiger partial charge in [0.05, 0.1) is 13.7 Å². The summed E-state index contributed by atoms with van der Waals surface area (Å²) in [6.07, 6.45) is 1.07. The minimum absolute atomic E-state index is 0.0448. The summed E-state index contributed by atoms with van der Waals surface area (Å²) >= 11 is 0. The predicted molar refractivity (Wildman–Crippen MR) is 99.5 cm³/mol. The number of ether oxygens (including phenoxy) is 3. The van der Waals surface area contributed by atoms with Gasteiger partial charge in [0, 0.05) is 12.6 Å². The van der Waals surface area contributed by atoms with Crippen molar-refractivity contribution in [3.63, 3.8) is 0 Å². The molecule has 6 nitrogen and oxygen atoms in total. The fraction of sp³-hybridized carbons (Fsp3) is 0.632. The highest BCUT2D eigenvalue weighted by Crippen LogP contribution is 2.25. The number of aliphatic hydroxyl groups is 1. The van der Waals surface area contributed by atoms with Gasteiger partial charge in [0.2, 0.25) is 0 Å². The highest BCUT2D eigenvalue weighted by molar-refractivity contribution is 5.67. The lowest BCUT2D eigenvalue weighted by atomic mass is 10.1. The Labute approximate surface area is 151 Å². The molecule has 25 heavy (non-hydrogen) atoms. The molecule has 0 aromatic heterocycles. The number of nitrogens with one attached hydrogen (secondary N) is 1. The molecule has 1 amide bonds. The number of alkyl carbamates (subject to hydrolysis) is 1. The minimum Gasteiger partial charge on any atom is -0.497 e. The van der Waals surface area contributed by atoms with Gasteiger partial charge >= 0.3 is 6.09 Å². The van der Waals surface area contributed by atoms with Crippen LogP contribution in [0.25, 0.3) is 0 Å². The van der Waals surface area contributed by atoms with Crippen LogP contribution < -0.4 is 14.8 Å². The summed E-state index contributed by atoms with van der Waals surface area (Å²) in [5.74, 6) is 1.39. The molecular weight excluding hydrogens is 322 g/mol. The maximum Gasteiger partial charge on any atom is 0.407 e. The Balaban J connectivity index is 0.00000277. The van der Waals surface area contributed by atoms with Gasteiger partial charge in [0.25, 0.3) is 0 Å². The van der Waals surface area contributed by atoms with Gasteiger partial charge in [0.1, 0.15) is 23.7 Å². The Bertz CT molecular complexity index is 497. The molecule has 0 atom stereocenters. The first-order chi connectivity index (χ1) is 11.9. The summed E-state index contributed by atoms with van der Waals surface area (Å²) in [6.45, 7) is 10.2. The Kier molecular flexibility index (Phi) is 11.4. The van der Waals surface area contributed by atoms with Crippen LogP contribution in [0.2, 0.25) is 0 Å². The molecule has 0 radical (unpaired) electrons. The number of amides is 1. The van der Waals surface area contributed by atoms with Crippen molar-refractivity contribution in [2.75, 3.05) is 26.9 Å². The second-order valence-corrected chi connectivity index (χ2v) is 6.08. The second-order valence-electron chi connectivity index (χ2n) is 6.08. The lowest BCUT2D eigenvalue weighted by molar-refractivity contribution is 0.0527. The van der Waals surface area contributed by atoms with Crippen molar-refractivity contribution in [2.45, 2.75) is 53.1 Å². The van der Waals surface area contributed by atoms with Gasteiger partial charge in [-0.25, -0.2) is 4.79 Å². The fourth-order valence-electron chi connectivity index (χ4n) is 1.94. The van der Waals surface area contributed by atoms with Crippen LogP contribution in [0.4, 0.5) is 4.79 Å². The molecule has 1 aromatic rings. The number of rotatable bonds is 8. The Morgan fingerprint density at radius 2 is 1.92 bits per heavy atom. The van der Waals surface area contributed by atoms with Crippen LogP contribution in [0.3, 0.4) is 0 Å². The van der Waals surface area contributed by atoms with Gasteiger partial charge in [0.15, 0.2) is 0 Å². The van der Waals surface area contributed by atoms with Crippen molar-refractivity contribution in [2.24, 2.45) is 0 Å². The predicted octanol–water partition coefficient (Wildman–Crippen LogP) is 3.55. The molecule has 1 aromatic carbocycles. The van der Waals surface area contributed by atoms with Crippen LogP contribution in [0.1, 0.15) is 46.6 Å². The van der Waals surface area contributed by atoms with Crippen LogP contribution in [0, 0.1) is 0 Å². The third-order valence-corrected chi connectivity index (χ3v) is 2.91. The zero-order chi connectivity index (χ0) is 19.3. The van der Waals surface area contributed by atoms with E-state index in [0.29, 0.717) is 18.0 Å². The molecule has 0 saturated carbocycles. The van der Waals surface area contributed by atoms with Gasteiger partial charge in [-0.15, -0.1) is 0 Å². The Morgan fingerprint density at radius 1 is 1.24 bits per heavy atom. The number of methoxy groups -OCH3 is 1. The molecule has 0 fully saturated rings. The van der Waals surface area contributed by atoms with Gasteiger partial charge in [-0.2, -0.15) is 0 Å². The van der Waals surface area contributed by atoms with E-state index in [1.807, 2.05) is 46.8 Å². The average Bonchev–Trinajstić information content (AvgIpc) is 2.57. The molecule has 6 heteroatoms. The Hall–Kier alpha value is -1.95. The van der Waals surface area contributed by atoms with Gasteiger partial charge in [-0.1, -0.05) is 19.9 Å². The summed E-state index contributed by atoms with van der Waals surface area (Å²) in [5.41, 5.74) is 0.510. The lowest BCUT2D eigenvalue weighted by Crippen LogP contribution is -2.33. The Morgan fingerprint density at radius 3 is 2.48 bits per heavy atom. The maximum atomic E-state index is 11.6. The fourth-order valence-corrected chi connectivity index (χ4v) is 1.94. The van der Waals surface area contributed by atoms with Gasteiger partial charge in [-0.05, 0) is 45.2 Å². The van der Waals surface area contributed by atoms with E-state index in [-0.39, 0.29) is 13.2 Å². The number of hydrogen-bond donors (Lipinski definition) is 2. The van der Waals surface area contributed by atoms with Crippen LogP contribution in [0.5, 0.6) is 11.5 Å². The van der Waals surface area contributed by atoms with Crippen molar-refractivity contribution < 1.29 is 24.1 Å². The van der Waals surface area contributed by atoms with E-state index in [1.165, 1.54) is 0 Å². The first kappa shape index (κ1) is 23.1. The largest absolute Gasteiger partial charge is 0.497 e.